The molecule has 0 aliphatic heterocycles. The third kappa shape index (κ3) is 2.26. The molecule has 3 aromatic rings. The number of pyridine rings is 2. The maximum atomic E-state index is 12.4. The minimum Gasteiger partial charge on any atom is -0.288 e. The molecule has 2 aromatic heterocycles. The first-order valence-corrected chi connectivity index (χ1v) is 6.61. The lowest BCUT2D eigenvalue weighted by atomic mass is 10.0. The van der Waals surface area contributed by atoms with Crippen molar-refractivity contribution >= 4 is 39.9 Å². The summed E-state index contributed by atoms with van der Waals surface area (Å²) in [5.41, 5.74) is 1.55. The average Bonchev–Trinajstić information content (AvgIpc) is 2.48. The maximum Gasteiger partial charge on any atom is 0.196 e. The molecule has 0 amide bonds. The molecule has 20 heavy (non-hydrogen) atoms. The van der Waals surface area contributed by atoms with E-state index in [1.807, 2.05) is 0 Å². The van der Waals surface area contributed by atoms with Crippen LogP contribution in [0.3, 0.4) is 0 Å². The van der Waals surface area contributed by atoms with E-state index >= 15 is 0 Å². The van der Waals surface area contributed by atoms with Gasteiger partial charge >= 0.3 is 0 Å². The number of carbonyl (C=O) groups excluding carboxylic acids is 1. The first-order valence-electron chi connectivity index (χ1n) is 5.85. The largest absolute Gasteiger partial charge is 0.288 e. The lowest BCUT2D eigenvalue weighted by Gasteiger charge is -2.06. The van der Waals surface area contributed by atoms with Gasteiger partial charge in [0, 0.05) is 34.6 Å². The number of ketones is 1. The van der Waals surface area contributed by atoms with Crippen LogP contribution in [0.15, 0.2) is 48.9 Å². The number of carbonyl (C=O) groups is 1. The Morgan fingerprint density at radius 1 is 1.05 bits per heavy atom. The summed E-state index contributed by atoms with van der Waals surface area (Å²) in [4.78, 5) is 20.5. The Morgan fingerprint density at radius 3 is 2.55 bits per heavy atom. The van der Waals surface area contributed by atoms with E-state index in [0.29, 0.717) is 32.1 Å². The van der Waals surface area contributed by atoms with Gasteiger partial charge in [0.15, 0.2) is 5.78 Å². The minimum absolute atomic E-state index is 0.179. The molecule has 0 radical (unpaired) electrons. The van der Waals surface area contributed by atoms with Crippen molar-refractivity contribution in [1.29, 1.82) is 0 Å². The smallest absolute Gasteiger partial charge is 0.196 e. The number of benzene rings is 1. The first kappa shape index (κ1) is 13.0. The molecule has 0 bridgehead atoms. The second kappa shape index (κ2) is 5.19. The van der Waals surface area contributed by atoms with Gasteiger partial charge in [-0.05, 0) is 30.3 Å². The van der Waals surface area contributed by atoms with Gasteiger partial charge in [0.05, 0.1) is 16.1 Å². The molecule has 98 valence electrons. The second-order valence-electron chi connectivity index (χ2n) is 4.21. The van der Waals surface area contributed by atoms with Gasteiger partial charge in [0.1, 0.15) is 0 Å². The van der Waals surface area contributed by atoms with Crippen molar-refractivity contribution in [3.05, 3.63) is 70.1 Å². The number of hydrogen-bond acceptors (Lipinski definition) is 3. The quantitative estimate of drug-likeness (QED) is 0.667. The highest BCUT2D eigenvalue weighted by atomic mass is 35.5. The average molecular weight is 303 g/mol. The zero-order chi connectivity index (χ0) is 14.1. The predicted molar refractivity (Wildman–Crippen MR) is 79.4 cm³/mol. The summed E-state index contributed by atoms with van der Waals surface area (Å²) in [5.74, 6) is -0.179. The fourth-order valence-corrected chi connectivity index (χ4v) is 2.41. The zero-order valence-electron chi connectivity index (χ0n) is 10.2. The van der Waals surface area contributed by atoms with Crippen molar-refractivity contribution in [2.45, 2.75) is 0 Å². The molecule has 1 aromatic carbocycles. The lowest BCUT2D eigenvalue weighted by molar-refractivity contribution is 0.103. The van der Waals surface area contributed by atoms with Crippen LogP contribution in [-0.2, 0) is 0 Å². The standard InChI is InChI=1S/C15H8Cl2N2O/c16-10-1-2-11-13(7-10)19-8-12(14(11)17)15(20)9-3-5-18-6-4-9/h1-8H. The van der Waals surface area contributed by atoms with E-state index in [1.54, 1.807) is 42.7 Å². The van der Waals surface area contributed by atoms with Crippen LogP contribution in [0, 0.1) is 0 Å². The third-order valence-electron chi connectivity index (χ3n) is 2.95. The van der Waals surface area contributed by atoms with Crippen molar-refractivity contribution in [2.24, 2.45) is 0 Å². The second-order valence-corrected chi connectivity index (χ2v) is 5.03. The zero-order valence-corrected chi connectivity index (χ0v) is 11.7. The van der Waals surface area contributed by atoms with Gasteiger partial charge in [-0.3, -0.25) is 14.8 Å². The summed E-state index contributed by atoms with van der Waals surface area (Å²) in [6.07, 6.45) is 4.61. The van der Waals surface area contributed by atoms with Gasteiger partial charge in [-0.15, -0.1) is 0 Å². The third-order valence-corrected chi connectivity index (χ3v) is 3.59. The molecule has 0 N–H and O–H groups in total. The molecule has 0 atom stereocenters. The van der Waals surface area contributed by atoms with Gasteiger partial charge in [-0.2, -0.15) is 0 Å². The molecule has 0 saturated heterocycles. The molecule has 0 saturated carbocycles. The molecule has 0 spiro atoms. The molecular formula is C15H8Cl2N2O. The normalized spacial score (nSPS) is 10.7. The van der Waals surface area contributed by atoms with Gasteiger partial charge in [0.2, 0.25) is 0 Å². The summed E-state index contributed by atoms with van der Waals surface area (Å²) in [7, 11) is 0. The van der Waals surface area contributed by atoms with Crippen LogP contribution in [-0.4, -0.2) is 15.8 Å². The fraction of sp³-hybridized carbons (Fsp3) is 0. The molecule has 2 heterocycles. The van der Waals surface area contributed by atoms with Crippen LogP contribution in [0.5, 0.6) is 0 Å². The summed E-state index contributed by atoms with van der Waals surface area (Å²) in [6.45, 7) is 0. The van der Waals surface area contributed by atoms with Crippen LogP contribution >= 0.6 is 23.2 Å². The highest BCUT2D eigenvalue weighted by Crippen LogP contribution is 2.28. The van der Waals surface area contributed by atoms with E-state index in [2.05, 4.69) is 9.97 Å². The Kier molecular flexibility index (Phi) is 3.38. The first-order chi connectivity index (χ1) is 9.66. The number of rotatable bonds is 2. The van der Waals surface area contributed by atoms with Crippen LogP contribution in [0.25, 0.3) is 10.9 Å². The van der Waals surface area contributed by atoms with Gasteiger partial charge in [-0.25, -0.2) is 0 Å². The van der Waals surface area contributed by atoms with E-state index in [0.717, 1.165) is 0 Å². The van der Waals surface area contributed by atoms with Gasteiger partial charge in [-0.1, -0.05) is 23.2 Å². The van der Waals surface area contributed by atoms with E-state index in [4.69, 9.17) is 23.2 Å². The van der Waals surface area contributed by atoms with Crippen molar-refractivity contribution < 1.29 is 4.79 Å². The lowest BCUT2D eigenvalue weighted by Crippen LogP contribution is -2.03. The number of halogens is 2. The van der Waals surface area contributed by atoms with E-state index in [1.165, 1.54) is 6.20 Å². The summed E-state index contributed by atoms with van der Waals surface area (Å²) in [5, 5.41) is 1.67. The van der Waals surface area contributed by atoms with Crippen LogP contribution in [0.1, 0.15) is 15.9 Å². The number of hydrogen-bond donors (Lipinski definition) is 0. The van der Waals surface area contributed by atoms with Crippen LogP contribution in [0.4, 0.5) is 0 Å². The molecule has 3 nitrogen and oxygen atoms in total. The topological polar surface area (TPSA) is 42.9 Å². The molecule has 0 aliphatic rings. The van der Waals surface area contributed by atoms with E-state index < -0.39 is 0 Å². The van der Waals surface area contributed by atoms with Crippen molar-refractivity contribution in [3.8, 4) is 0 Å². The minimum atomic E-state index is -0.179. The number of fused-ring (bicyclic) bond motifs is 1. The SMILES string of the molecule is O=C(c1ccncc1)c1cnc2cc(Cl)ccc2c1Cl. The summed E-state index contributed by atoms with van der Waals surface area (Å²) < 4.78 is 0. The molecule has 0 fully saturated rings. The molecule has 0 unspecified atom stereocenters. The number of nitrogens with zero attached hydrogens (tertiary/aromatic N) is 2. The van der Waals surface area contributed by atoms with E-state index in [9.17, 15) is 4.79 Å². The predicted octanol–water partition coefficient (Wildman–Crippen LogP) is 4.17. The summed E-state index contributed by atoms with van der Waals surface area (Å²) >= 11 is 12.2. The van der Waals surface area contributed by atoms with E-state index in [-0.39, 0.29) is 5.78 Å². The van der Waals surface area contributed by atoms with Crippen molar-refractivity contribution in [3.63, 3.8) is 0 Å². The Hall–Kier alpha value is -1.97. The Labute approximate surface area is 125 Å². The van der Waals surface area contributed by atoms with Gasteiger partial charge in [0.25, 0.3) is 0 Å². The Bertz CT molecular complexity index is 804. The summed E-state index contributed by atoms with van der Waals surface area (Å²) in [6, 6.07) is 8.48. The van der Waals surface area contributed by atoms with Crippen LogP contribution < -0.4 is 0 Å². The monoisotopic (exact) mass is 302 g/mol. The van der Waals surface area contributed by atoms with Crippen molar-refractivity contribution in [2.75, 3.05) is 0 Å². The van der Waals surface area contributed by atoms with Crippen molar-refractivity contribution in [1.82, 2.24) is 9.97 Å². The molecule has 3 rings (SSSR count). The highest BCUT2D eigenvalue weighted by Gasteiger charge is 2.15. The highest BCUT2D eigenvalue weighted by molar-refractivity contribution is 6.39. The van der Waals surface area contributed by atoms with Gasteiger partial charge < -0.3 is 0 Å². The molecule has 0 aliphatic carbocycles. The Balaban J connectivity index is 2.16. The maximum absolute atomic E-state index is 12.4. The number of aromatic nitrogens is 2. The Morgan fingerprint density at radius 2 is 1.80 bits per heavy atom. The molecular weight excluding hydrogens is 295 g/mol. The molecule has 5 heteroatoms. The fourth-order valence-electron chi connectivity index (χ4n) is 1.95. The van der Waals surface area contributed by atoms with Crippen LogP contribution in [0.2, 0.25) is 10.0 Å².